The highest BCUT2D eigenvalue weighted by atomic mass is 16.2. The Hall–Kier alpha value is -2.95. The zero-order valence-electron chi connectivity index (χ0n) is 17.9. The molecule has 3 aromatic rings. The third kappa shape index (κ3) is 4.61. The lowest BCUT2D eigenvalue weighted by molar-refractivity contribution is -0.132. The highest BCUT2D eigenvalue weighted by molar-refractivity contribution is 5.76. The third-order valence-corrected chi connectivity index (χ3v) is 5.85. The molecule has 3 heterocycles. The van der Waals surface area contributed by atoms with Crippen molar-refractivity contribution in [1.29, 1.82) is 0 Å². The van der Waals surface area contributed by atoms with E-state index in [9.17, 15) is 4.79 Å². The molecule has 0 N–H and O–H groups in total. The van der Waals surface area contributed by atoms with Gasteiger partial charge in [-0.3, -0.25) is 9.36 Å². The first-order valence-electron chi connectivity index (χ1n) is 10.9. The number of aromatic nitrogens is 3. The molecule has 0 aliphatic carbocycles. The van der Waals surface area contributed by atoms with Crippen LogP contribution < -0.4 is 0 Å². The number of likely N-dealkylation sites (tertiary alicyclic amines) is 1. The summed E-state index contributed by atoms with van der Waals surface area (Å²) in [6, 6.07) is 16.4. The smallest absolute Gasteiger partial charge is 0.222 e. The number of amides is 1. The summed E-state index contributed by atoms with van der Waals surface area (Å²) in [7, 11) is 0. The zero-order valence-corrected chi connectivity index (χ0v) is 17.9. The summed E-state index contributed by atoms with van der Waals surface area (Å²) >= 11 is 0. The van der Waals surface area contributed by atoms with Crippen LogP contribution in [0.2, 0.25) is 0 Å². The molecule has 0 spiro atoms. The highest BCUT2D eigenvalue weighted by Crippen LogP contribution is 2.27. The first-order valence-corrected chi connectivity index (χ1v) is 10.9. The molecular weight excluding hydrogens is 372 g/mol. The summed E-state index contributed by atoms with van der Waals surface area (Å²) in [4.78, 5) is 24.3. The minimum Gasteiger partial charge on any atom is -0.342 e. The van der Waals surface area contributed by atoms with Crippen molar-refractivity contribution in [2.45, 2.75) is 51.4 Å². The number of carbonyl (C=O) groups excluding carboxylic acids is 1. The zero-order chi connectivity index (χ0) is 20.9. The fraction of sp³-hybridized carbons (Fsp3) is 0.400. The maximum atomic E-state index is 12.8. The number of aryl methyl sites for hydroxylation is 1. The molecule has 2 aromatic heterocycles. The molecule has 0 radical (unpaired) electrons. The predicted molar refractivity (Wildman–Crippen MR) is 119 cm³/mol. The van der Waals surface area contributed by atoms with E-state index in [0.717, 1.165) is 49.7 Å². The van der Waals surface area contributed by atoms with E-state index in [2.05, 4.69) is 47.7 Å². The fourth-order valence-electron chi connectivity index (χ4n) is 4.24. The van der Waals surface area contributed by atoms with Crippen LogP contribution in [0.25, 0.3) is 5.82 Å². The number of pyridine rings is 1. The molecule has 1 atom stereocenters. The van der Waals surface area contributed by atoms with Gasteiger partial charge in [-0.1, -0.05) is 50.2 Å². The molecule has 0 unspecified atom stereocenters. The lowest BCUT2D eigenvalue weighted by Crippen LogP contribution is -2.39. The molecule has 0 bridgehead atoms. The van der Waals surface area contributed by atoms with E-state index in [4.69, 9.17) is 4.98 Å². The van der Waals surface area contributed by atoms with Crippen LogP contribution in [0.3, 0.4) is 0 Å². The van der Waals surface area contributed by atoms with Crippen molar-refractivity contribution in [1.82, 2.24) is 19.4 Å². The Morgan fingerprint density at radius 2 is 1.97 bits per heavy atom. The number of benzene rings is 1. The van der Waals surface area contributed by atoms with Gasteiger partial charge < -0.3 is 4.90 Å². The van der Waals surface area contributed by atoms with Gasteiger partial charge in [-0.15, -0.1) is 0 Å². The second-order valence-electron chi connectivity index (χ2n) is 8.40. The Morgan fingerprint density at radius 3 is 2.77 bits per heavy atom. The van der Waals surface area contributed by atoms with E-state index in [1.54, 1.807) is 0 Å². The number of imidazole rings is 1. The first kappa shape index (κ1) is 20.3. The van der Waals surface area contributed by atoms with E-state index < -0.39 is 0 Å². The van der Waals surface area contributed by atoms with Gasteiger partial charge in [-0.05, 0) is 37.0 Å². The highest BCUT2D eigenvalue weighted by Gasteiger charge is 2.25. The predicted octanol–water partition coefficient (Wildman–Crippen LogP) is 4.73. The molecule has 1 fully saturated rings. The van der Waals surface area contributed by atoms with Crippen molar-refractivity contribution in [2.75, 3.05) is 13.1 Å². The Labute approximate surface area is 178 Å². The molecule has 156 valence electrons. The van der Waals surface area contributed by atoms with Gasteiger partial charge in [0.05, 0.1) is 0 Å². The van der Waals surface area contributed by atoms with Crippen LogP contribution in [-0.2, 0) is 11.2 Å². The standard InChI is InChI=1S/C25H30N4O/c1-19(2)25-26-15-17-29(25)23-12-6-11-22(27-23)21-10-7-16-28(18-21)24(30)14-13-20-8-4-3-5-9-20/h3-6,8-9,11-12,15,17,19,21H,7,10,13-14,16,18H2,1-2H3/t21-/m1/s1. The monoisotopic (exact) mass is 402 g/mol. The average Bonchev–Trinajstić information content (AvgIpc) is 3.29. The first-order chi connectivity index (χ1) is 14.6. The van der Waals surface area contributed by atoms with Crippen molar-refractivity contribution >= 4 is 5.91 Å². The summed E-state index contributed by atoms with van der Waals surface area (Å²) in [6.45, 7) is 5.89. The number of hydrogen-bond acceptors (Lipinski definition) is 3. The molecule has 4 rings (SSSR count). The normalized spacial score (nSPS) is 16.8. The molecule has 1 amide bonds. The Kier molecular flexibility index (Phi) is 6.26. The Balaban J connectivity index is 1.44. The van der Waals surface area contributed by atoms with Gasteiger partial charge >= 0.3 is 0 Å². The third-order valence-electron chi connectivity index (χ3n) is 5.85. The number of carbonyl (C=O) groups is 1. The maximum Gasteiger partial charge on any atom is 0.222 e. The number of nitrogens with zero attached hydrogens (tertiary/aromatic N) is 4. The average molecular weight is 403 g/mol. The summed E-state index contributed by atoms with van der Waals surface area (Å²) in [5.74, 6) is 2.78. The van der Waals surface area contributed by atoms with Crippen molar-refractivity contribution < 1.29 is 4.79 Å². The van der Waals surface area contributed by atoms with Crippen LogP contribution >= 0.6 is 0 Å². The van der Waals surface area contributed by atoms with Gasteiger partial charge in [0, 0.05) is 49.4 Å². The van der Waals surface area contributed by atoms with Crippen LogP contribution in [-0.4, -0.2) is 38.4 Å². The second-order valence-corrected chi connectivity index (χ2v) is 8.40. The Bertz CT molecular complexity index is 980. The van der Waals surface area contributed by atoms with Crippen molar-refractivity contribution in [3.63, 3.8) is 0 Å². The van der Waals surface area contributed by atoms with Crippen molar-refractivity contribution in [2.24, 2.45) is 0 Å². The van der Waals surface area contributed by atoms with E-state index >= 15 is 0 Å². The van der Waals surface area contributed by atoms with Crippen LogP contribution in [0.1, 0.15) is 62.0 Å². The minimum atomic E-state index is 0.247. The number of rotatable bonds is 6. The SMILES string of the molecule is CC(C)c1nccn1-c1cccc([C@@H]2CCCN(C(=O)CCc3ccccc3)C2)n1. The fourth-order valence-corrected chi connectivity index (χ4v) is 4.24. The molecular formula is C25H30N4O. The second kappa shape index (κ2) is 9.24. The van der Waals surface area contributed by atoms with Crippen LogP contribution in [0.15, 0.2) is 60.9 Å². The summed E-state index contributed by atoms with van der Waals surface area (Å²) in [5, 5.41) is 0. The van der Waals surface area contributed by atoms with Crippen molar-refractivity contribution in [3.8, 4) is 5.82 Å². The molecule has 30 heavy (non-hydrogen) atoms. The van der Waals surface area contributed by atoms with Gasteiger partial charge in [0.15, 0.2) is 0 Å². The summed E-state index contributed by atoms with van der Waals surface area (Å²) in [6.07, 6.45) is 7.26. The van der Waals surface area contributed by atoms with Crippen LogP contribution in [0.5, 0.6) is 0 Å². The minimum absolute atomic E-state index is 0.247. The summed E-state index contributed by atoms with van der Waals surface area (Å²) < 4.78 is 2.07. The van der Waals surface area contributed by atoms with Gasteiger partial charge in [-0.2, -0.15) is 0 Å². The molecule has 5 heteroatoms. The van der Waals surface area contributed by atoms with Gasteiger partial charge in [0.2, 0.25) is 5.91 Å². The van der Waals surface area contributed by atoms with E-state index in [1.807, 2.05) is 41.6 Å². The topological polar surface area (TPSA) is 51.0 Å². The molecule has 0 saturated carbocycles. The van der Waals surface area contributed by atoms with E-state index in [0.29, 0.717) is 12.3 Å². The van der Waals surface area contributed by atoms with Crippen LogP contribution in [0, 0.1) is 0 Å². The Morgan fingerprint density at radius 1 is 1.13 bits per heavy atom. The molecule has 1 saturated heterocycles. The molecule has 1 aromatic carbocycles. The van der Waals surface area contributed by atoms with E-state index in [-0.39, 0.29) is 11.8 Å². The van der Waals surface area contributed by atoms with E-state index in [1.165, 1.54) is 5.56 Å². The van der Waals surface area contributed by atoms with Gasteiger partial charge in [0.25, 0.3) is 0 Å². The number of hydrogen-bond donors (Lipinski definition) is 0. The van der Waals surface area contributed by atoms with Crippen molar-refractivity contribution in [3.05, 3.63) is 78.0 Å². The van der Waals surface area contributed by atoms with Gasteiger partial charge in [0.1, 0.15) is 11.6 Å². The maximum absolute atomic E-state index is 12.8. The van der Waals surface area contributed by atoms with Crippen LogP contribution in [0.4, 0.5) is 0 Å². The van der Waals surface area contributed by atoms with Gasteiger partial charge in [-0.25, -0.2) is 9.97 Å². The summed E-state index contributed by atoms with van der Waals surface area (Å²) in [5.41, 5.74) is 2.28. The lowest BCUT2D eigenvalue weighted by atomic mass is 9.94. The molecule has 1 aliphatic heterocycles. The number of piperidine rings is 1. The molecule has 1 aliphatic rings. The largest absolute Gasteiger partial charge is 0.342 e. The quantitative estimate of drug-likeness (QED) is 0.599. The molecule has 5 nitrogen and oxygen atoms in total. The lowest BCUT2D eigenvalue weighted by Gasteiger charge is -2.32.